The topological polar surface area (TPSA) is 214 Å². The molecule has 8 N–H and O–H groups in total. The van der Waals surface area contributed by atoms with Gasteiger partial charge in [-0.1, -0.05) is 18.2 Å². The summed E-state index contributed by atoms with van der Waals surface area (Å²) < 4.78 is 12.1. The summed E-state index contributed by atoms with van der Waals surface area (Å²) in [4.78, 5) is 27.5. The molecule has 0 aromatic heterocycles. The second kappa shape index (κ2) is 9.49. The van der Waals surface area contributed by atoms with E-state index in [0.717, 1.165) is 30.3 Å². The number of Topliss-reactive ketones (excluding diaryl/α,β-unsaturated/α-hetero) is 2. The summed E-state index contributed by atoms with van der Waals surface area (Å²) in [5, 5.41) is 82.8. The van der Waals surface area contributed by atoms with Crippen LogP contribution in [-0.2, 0) is 0 Å². The van der Waals surface area contributed by atoms with E-state index in [1.54, 1.807) is 0 Å². The zero-order chi connectivity index (χ0) is 30.0. The SMILES string of the molecule is O=C1c2c(O)cc(O)c([C@H]3C(=O)c4c(O)cc(O)cc4O[C@@H]3c3ccc(O)cc3)c2O[C@@H](c2ccc(O)c(O)c2)[C@@H]1O. The van der Waals surface area contributed by atoms with Crippen molar-refractivity contribution in [2.45, 2.75) is 24.2 Å². The molecule has 0 radical (unpaired) electrons. The molecule has 0 saturated heterocycles. The summed E-state index contributed by atoms with van der Waals surface area (Å²) >= 11 is 0. The number of rotatable bonds is 3. The quantitative estimate of drug-likeness (QED) is 0.165. The van der Waals surface area contributed by atoms with E-state index in [0.29, 0.717) is 5.56 Å². The van der Waals surface area contributed by atoms with Crippen LogP contribution in [0.2, 0.25) is 0 Å². The number of aliphatic hydroxyl groups excluding tert-OH is 1. The fourth-order valence-corrected chi connectivity index (χ4v) is 5.38. The van der Waals surface area contributed by atoms with Crippen molar-refractivity contribution in [2.75, 3.05) is 0 Å². The number of phenols is 7. The van der Waals surface area contributed by atoms with Gasteiger partial charge in [-0.25, -0.2) is 0 Å². The van der Waals surface area contributed by atoms with Crippen molar-refractivity contribution >= 4 is 11.6 Å². The first kappa shape index (κ1) is 26.6. The highest BCUT2D eigenvalue weighted by Gasteiger charge is 2.48. The maximum Gasteiger partial charge on any atom is 0.202 e. The molecule has 0 spiro atoms. The smallest absolute Gasteiger partial charge is 0.202 e. The molecule has 0 bridgehead atoms. The molecule has 0 fully saturated rings. The number of ketones is 2. The third kappa shape index (κ3) is 4.04. The van der Waals surface area contributed by atoms with Crippen molar-refractivity contribution < 1.29 is 59.9 Å². The number of phenolic OH excluding ortho intramolecular Hbond substituents is 7. The minimum absolute atomic E-state index is 0.0466. The van der Waals surface area contributed by atoms with E-state index in [4.69, 9.17) is 9.47 Å². The number of carbonyl (C=O) groups is 2. The van der Waals surface area contributed by atoms with Crippen LogP contribution in [0, 0.1) is 0 Å². The van der Waals surface area contributed by atoms with Crippen LogP contribution in [-0.4, -0.2) is 58.5 Å². The van der Waals surface area contributed by atoms with E-state index in [1.807, 2.05) is 0 Å². The number of hydrogen-bond acceptors (Lipinski definition) is 12. The number of carbonyl (C=O) groups excluding carboxylic acids is 2. The van der Waals surface area contributed by atoms with Crippen LogP contribution in [0.3, 0.4) is 0 Å². The van der Waals surface area contributed by atoms with Crippen molar-refractivity contribution in [3.8, 4) is 51.7 Å². The lowest BCUT2D eigenvalue weighted by atomic mass is 9.78. The van der Waals surface area contributed by atoms with Gasteiger partial charge in [0, 0.05) is 18.2 Å². The number of aromatic hydroxyl groups is 7. The van der Waals surface area contributed by atoms with Gasteiger partial charge in [-0.05, 0) is 35.4 Å². The average molecular weight is 574 g/mol. The highest BCUT2D eigenvalue weighted by Crippen LogP contribution is 2.55. The lowest BCUT2D eigenvalue weighted by Gasteiger charge is -2.37. The van der Waals surface area contributed by atoms with Crippen LogP contribution < -0.4 is 9.47 Å². The molecule has 2 aliphatic rings. The third-order valence-corrected chi connectivity index (χ3v) is 7.34. The zero-order valence-electron chi connectivity index (χ0n) is 21.3. The van der Waals surface area contributed by atoms with Gasteiger partial charge in [-0.3, -0.25) is 9.59 Å². The molecule has 12 heteroatoms. The molecule has 6 rings (SSSR count). The Morgan fingerprint density at radius 1 is 0.548 bits per heavy atom. The molecule has 214 valence electrons. The molecule has 4 aromatic carbocycles. The van der Waals surface area contributed by atoms with Crippen LogP contribution in [0.15, 0.2) is 60.7 Å². The molecule has 12 nitrogen and oxygen atoms in total. The number of ether oxygens (including phenoxy) is 2. The Morgan fingerprint density at radius 2 is 1.21 bits per heavy atom. The molecular weight excluding hydrogens is 552 g/mol. The van der Waals surface area contributed by atoms with E-state index < -0.39 is 81.6 Å². The fourth-order valence-electron chi connectivity index (χ4n) is 5.38. The number of hydrogen-bond donors (Lipinski definition) is 8. The third-order valence-electron chi connectivity index (χ3n) is 7.34. The number of aliphatic hydroxyl groups is 1. The Kier molecular flexibility index (Phi) is 6.01. The van der Waals surface area contributed by atoms with Crippen LogP contribution in [0.4, 0.5) is 0 Å². The summed E-state index contributed by atoms with van der Waals surface area (Å²) in [7, 11) is 0. The second-order valence-corrected chi connectivity index (χ2v) is 9.94. The Bertz CT molecular complexity index is 1780. The lowest BCUT2D eigenvalue weighted by molar-refractivity contribution is 0.0196. The number of benzene rings is 4. The maximum atomic E-state index is 14.1. The normalized spacial score (nSPS) is 21.2. The minimum Gasteiger partial charge on any atom is -0.508 e. The van der Waals surface area contributed by atoms with Crippen LogP contribution in [0.5, 0.6) is 51.7 Å². The van der Waals surface area contributed by atoms with Crippen molar-refractivity contribution in [2.24, 2.45) is 0 Å². The van der Waals surface area contributed by atoms with E-state index in [2.05, 4.69) is 0 Å². The van der Waals surface area contributed by atoms with Gasteiger partial charge < -0.3 is 50.3 Å². The van der Waals surface area contributed by atoms with Crippen molar-refractivity contribution in [3.63, 3.8) is 0 Å². The standard InChI is InChI=1S/C30H22O12/c31-13-4-1-11(2-5-13)28-24(25(38)21-17(35)8-14(32)9-20(21)41-28)22-18(36)10-19(37)23-26(39)27(40)29(42-30(22)23)12-3-6-15(33)16(34)7-12/h1-10,24,27-29,31-37,40H/t24-,27+,28+,29-/m0/s1. The summed E-state index contributed by atoms with van der Waals surface area (Å²) in [5.74, 6) is -7.60. The highest BCUT2D eigenvalue weighted by molar-refractivity contribution is 6.10. The Hall–Kier alpha value is -5.62. The molecular formula is C30H22O12. The Balaban J connectivity index is 1.59. The maximum absolute atomic E-state index is 14.1. The van der Waals surface area contributed by atoms with E-state index >= 15 is 0 Å². The van der Waals surface area contributed by atoms with Crippen molar-refractivity contribution in [1.29, 1.82) is 0 Å². The van der Waals surface area contributed by atoms with Crippen LogP contribution >= 0.6 is 0 Å². The van der Waals surface area contributed by atoms with Crippen molar-refractivity contribution in [1.82, 2.24) is 0 Å². The largest absolute Gasteiger partial charge is 0.508 e. The van der Waals surface area contributed by atoms with Crippen LogP contribution in [0.1, 0.15) is 55.5 Å². The molecule has 42 heavy (non-hydrogen) atoms. The molecule has 0 aliphatic carbocycles. The van der Waals surface area contributed by atoms with Gasteiger partial charge in [0.05, 0.1) is 11.5 Å². The van der Waals surface area contributed by atoms with Crippen LogP contribution in [0.25, 0.3) is 0 Å². The number of fused-ring (bicyclic) bond motifs is 2. The predicted molar refractivity (Wildman–Crippen MR) is 142 cm³/mol. The van der Waals surface area contributed by atoms with Gasteiger partial charge in [0.25, 0.3) is 0 Å². The van der Waals surface area contributed by atoms with Gasteiger partial charge in [0.1, 0.15) is 57.5 Å². The molecule has 2 aliphatic heterocycles. The Morgan fingerprint density at radius 3 is 1.90 bits per heavy atom. The second-order valence-electron chi connectivity index (χ2n) is 9.94. The highest BCUT2D eigenvalue weighted by atomic mass is 16.5. The zero-order valence-corrected chi connectivity index (χ0v) is 21.3. The lowest BCUT2D eigenvalue weighted by Crippen LogP contribution is -2.38. The average Bonchev–Trinajstić information content (AvgIpc) is 2.92. The molecule has 0 amide bonds. The fraction of sp³-hybridized carbons (Fsp3) is 0.133. The monoisotopic (exact) mass is 574 g/mol. The van der Waals surface area contributed by atoms with Gasteiger partial charge in [0.2, 0.25) is 5.78 Å². The summed E-state index contributed by atoms with van der Waals surface area (Å²) in [6.07, 6.45) is -4.70. The van der Waals surface area contributed by atoms with Gasteiger partial charge in [0.15, 0.2) is 29.5 Å². The minimum atomic E-state index is -1.90. The summed E-state index contributed by atoms with van der Waals surface area (Å²) in [6.45, 7) is 0. The molecule has 0 saturated carbocycles. The van der Waals surface area contributed by atoms with Crippen molar-refractivity contribution in [3.05, 3.63) is 88.5 Å². The predicted octanol–water partition coefficient (Wildman–Crippen LogP) is 3.40. The van der Waals surface area contributed by atoms with E-state index in [-0.39, 0.29) is 28.2 Å². The van der Waals surface area contributed by atoms with E-state index in [9.17, 15) is 50.4 Å². The molecule has 0 unspecified atom stereocenters. The molecule has 4 atom stereocenters. The first-order valence-electron chi connectivity index (χ1n) is 12.5. The van der Waals surface area contributed by atoms with Gasteiger partial charge in [-0.15, -0.1) is 0 Å². The molecule has 2 heterocycles. The molecule has 4 aromatic rings. The Labute approximate surface area is 236 Å². The summed E-state index contributed by atoms with van der Waals surface area (Å²) in [6, 6.07) is 11.8. The van der Waals surface area contributed by atoms with Gasteiger partial charge in [-0.2, -0.15) is 0 Å². The van der Waals surface area contributed by atoms with Gasteiger partial charge >= 0.3 is 0 Å². The summed E-state index contributed by atoms with van der Waals surface area (Å²) in [5.41, 5.74) is -0.839. The van der Waals surface area contributed by atoms with E-state index in [1.165, 1.54) is 30.3 Å². The first-order valence-corrected chi connectivity index (χ1v) is 12.5. The first-order chi connectivity index (χ1) is 20.0.